The van der Waals surface area contributed by atoms with Crippen LogP contribution in [0.5, 0.6) is 0 Å². The Hall–Kier alpha value is -3.37. The number of fused-ring (bicyclic) bond motifs is 1. The number of aryl methyl sites for hydroxylation is 2. The molecule has 0 N–H and O–H groups in total. The van der Waals surface area contributed by atoms with Gasteiger partial charge in [0, 0.05) is 11.9 Å². The first-order valence-corrected chi connectivity index (χ1v) is 11.3. The van der Waals surface area contributed by atoms with Crippen molar-refractivity contribution in [3.05, 3.63) is 71.2 Å². The lowest BCUT2D eigenvalue weighted by Crippen LogP contribution is -2.32. The highest BCUT2D eigenvalue weighted by Gasteiger charge is 2.19. The summed E-state index contributed by atoms with van der Waals surface area (Å²) in [6, 6.07) is 9.01. The van der Waals surface area contributed by atoms with E-state index >= 15 is 0 Å². The van der Waals surface area contributed by atoms with Gasteiger partial charge in [-0.3, -0.25) is 0 Å². The number of imidazole rings is 1. The number of benzene rings is 1. The number of hydrogen-bond acceptors (Lipinski definition) is 7. The van der Waals surface area contributed by atoms with E-state index in [9.17, 15) is 17.8 Å². The van der Waals surface area contributed by atoms with Crippen LogP contribution in [0.1, 0.15) is 18.9 Å². The predicted molar refractivity (Wildman–Crippen MR) is 112 cm³/mol. The van der Waals surface area contributed by atoms with Crippen molar-refractivity contribution >= 4 is 21.0 Å². The van der Waals surface area contributed by atoms with Crippen LogP contribution in [-0.2, 0) is 23.1 Å². The van der Waals surface area contributed by atoms with Crippen molar-refractivity contribution in [1.29, 1.82) is 0 Å². The fourth-order valence-corrected chi connectivity index (χ4v) is 3.92. The van der Waals surface area contributed by atoms with E-state index in [0.29, 0.717) is 35.2 Å². The van der Waals surface area contributed by atoms with Crippen LogP contribution in [0.4, 0.5) is 0 Å². The monoisotopic (exact) mass is 440 g/mol. The number of aromatic nitrogens is 4. The molecule has 0 saturated carbocycles. The van der Waals surface area contributed by atoms with Gasteiger partial charge in [-0.1, -0.05) is 19.1 Å². The van der Waals surface area contributed by atoms with E-state index < -0.39 is 21.5 Å². The summed E-state index contributed by atoms with van der Waals surface area (Å²) in [6.45, 7) is 2.33. The van der Waals surface area contributed by atoms with E-state index in [1.54, 1.807) is 52.3 Å². The van der Waals surface area contributed by atoms with Gasteiger partial charge in [0.25, 0.3) is 0 Å². The summed E-state index contributed by atoms with van der Waals surface area (Å²) < 4.78 is 41.4. The highest BCUT2D eigenvalue weighted by atomic mass is 32.2. The first-order valence-electron chi connectivity index (χ1n) is 9.75. The van der Waals surface area contributed by atoms with Crippen LogP contribution >= 0.6 is 0 Å². The van der Waals surface area contributed by atoms with Crippen molar-refractivity contribution in [2.75, 3.05) is 5.75 Å². The molecule has 0 amide bonds. The summed E-state index contributed by atoms with van der Waals surface area (Å²) in [7, 11) is -4.24. The maximum Gasteiger partial charge on any atom is 0.347 e. The summed E-state index contributed by atoms with van der Waals surface area (Å²) in [5, 5.41) is 0.478. The quantitative estimate of drug-likeness (QED) is 0.317. The van der Waals surface area contributed by atoms with E-state index in [2.05, 4.69) is 9.97 Å². The fraction of sp³-hybridized carbons (Fsp3) is 0.238. The smallest absolute Gasteiger partial charge is 0.347 e. The number of pyridine rings is 1. The molecule has 31 heavy (non-hydrogen) atoms. The molecule has 10 heteroatoms. The van der Waals surface area contributed by atoms with Gasteiger partial charge in [0.15, 0.2) is 0 Å². The maximum absolute atomic E-state index is 12.7. The molecule has 4 rings (SSSR count). The molecule has 4 aromatic rings. The van der Waals surface area contributed by atoms with Gasteiger partial charge < -0.3 is 8.97 Å². The van der Waals surface area contributed by atoms with Crippen molar-refractivity contribution in [2.45, 2.75) is 26.3 Å². The highest BCUT2D eigenvalue weighted by molar-refractivity contribution is 7.85. The molecule has 9 nitrogen and oxygen atoms in total. The SMILES string of the molecule is CCc1cccc2nc(-c3cccnc3-n3cc[n+](CCCS(=O)(=O)[O-])c3)oc(=O)c12. The second kappa shape index (κ2) is 8.40. The molecule has 0 atom stereocenters. The maximum atomic E-state index is 12.7. The van der Waals surface area contributed by atoms with Crippen LogP contribution in [0, 0.1) is 0 Å². The summed E-state index contributed by atoms with van der Waals surface area (Å²) in [5.41, 5.74) is 1.52. The molecule has 160 valence electrons. The third kappa shape index (κ3) is 4.54. The average molecular weight is 440 g/mol. The molecule has 0 spiro atoms. The summed E-state index contributed by atoms with van der Waals surface area (Å²) in [6.07, 6.45) is 7.72. The molecule has 0 saturated heterocycles. The van der Waals surface area contributed by atoms with Crippen LogP contribution in [0.15, 0.2) is 64.5 Å². The Kier molecular flexibility index (Phi) is 5.66. The molecule has 0 aliphatic heterocycles. The highest BCUT2D eigenvalue weighted by Crippen LogP contribution is 2.24. The number of rotatable bonds is 7. The Bertz CT molecular complexity index is 1410. The number of hydrogen-bond donors (Lipinski definition) is 0. The fourth-order valence-electron chi connectivity index (χ4n) is 3.44. The molecule has 0 bridgehead atoms. The van der Waals surface area contributed by atoms with Gasteiger partial charge in [-0.25, -0.2) is 27.7 Å². The predicted octanol–water partition coefficient (Wildman–Crippen LogP) is 1.83. The minimum absolute atomic E-state index is 0.159. The average Bonchev–Trinajstić information content (AvgIpc) is 3.21. The third-order valence-corrected chi connectivity index (χ3v) is 5.68. The van der Waals surface area contributed by atoms with Crippen molar-refractivity contribution in [2.24, 2.45) is 0 Å². The van der Waals surface area contributed by atoms with E-state index in [0.717, 1.165) is 5.56 Å². The van der Waals surface area contributed by atoms with Gasteiger partial charge in [-0.2, -0.15) is 4.57 Å². The van der Waals surface area contributed by atoms with E-state index in [4.69, 9.17) is 4.42 Å². The molecule has 0 aliphatic rings. The Morgan fingerprint density at radius 3 is 2.84 bits per heavy atom. The molecule has 0 aliphatic carbocycles. The lowest BCUT2D eigenvalue weighted by molar-refractivity contribution is -0.696. The Labute approximate surface area is 178 Å². The molecule has 3 heterocycles. The molecule has 3 aromatic heterocycles. The first-order chi connectivity index (χ1) is 14.9. The molecule has 0 radical (unpaired) electrons. The van der Waals surface area contributed by atoms with Gasteiger partial charge in [-0.05, 0) is 36.6 Å². The first kappa shape index (κ1) is 20.9. The Balaban J connectivity index is 1.71. The molecular formula is C21H20N4O5S. The zero-order chi connectivity index (χ0) is 22.0. The summed E-state index contributed by atoms with van der Waals surface area (Å²) in [4.78, 5) is 21.7. The number of nitrogens with zero attached hydrogens (tertiary/aromatic N) is 4. The van der Waals surface area contributed by atoms with Gasteiger partial charge in [0.1, 0.15) is 18.0 Å². The zero-order valence-electron chi connectivity index (χ0n) is 16.8. The second-order valence-electron chi connectivity index (χ2n) is 7.02. The van der Waals surface area contributed by atoms with Crippen LogP contribution in [-0.4, -0.2) is 33.3 Å². The minimum atomic E-state index is -4.24. The Morgan fingerprint density at radius 2 is 2.06 bits per heavy atom. The second-order valence-corrected chi connectivity index (χ2v) is 8.54. The van der Waals surface area contributed by atoms with E-state index in [1.807, 2.05) is 19.1 Å². The largest absolute Gasteiger partial charge is 0.748 e. The third-order valence-electron chi connectivity index (χ3n) is 4.89. The van der Waals surface area contributed by atoms with Crippen molar-refractivity contribution < 1.29 is 22.0 Å². The van der Waals surface area contributed by atoms with Crippen LogP contribution in [0.2, 0.25) is 0 Å². The van der Waals surface area contributed by atoms with Gasteiger partial charge in [-0.15, -0.1) is 0 Å². The van der Waals surface area contributed by atoms with E-state index in [1.165, 1.54) is 0 Å². The van der Waals surface area contributed by atoms with Crippen LogP contribution < -0.4 is 10.2 Å². The topological polar surface area (TPSA) is 122 Å². The minimum Gasteiger partial charge on any atom is -0.748 e. The van der Waals surface area contributed by atoms with E-state index in [-0.39, 0.29) is 12.3 Å². The lowest BCUT2D eigenvalue weighted by Gasteiger charge is -2.06. The van der Waals surface area contributed by atoms with Crippen molar-refractivity contribution in [1.82, 2.24) is 14.5 Å². The van der Waals surface area contributed by atoms with Gasteiger partial charge >= 0.3 is 5.63 Å². The van der Waals surface area contributed by atoms with Crippen molar-refractivity contribution in [3.63, 3.8) is 0 Å². The lowest BCUT2D eigenvalue weighted by atomic mass is 10.1. The molecule has 0 unspecified atom stereocenters. The normalized spacial score (nSPS) is 11.8. The molecular weight excluding hydrogens is 420 g/mol. The summed E-state index contributed by atoms with van der Waals surface area (Å²) >= 11 is 0. The molecule has 1 aromatic carbocycles. The summed E-state index contributed by atoms with van der Waals surface area (Å²) in [5.74, 6) is 0.234. The van der Waals surface area contributed by atoms with Crippen LogP contribution in [0.25, 0.3) is 28.2 Å². The van der Waals surface area contributed by atoms with Crippen LogP contribution in [0.3, 0.4) is 0 Å². The standard InChI is InChI=1S/C21H20N4O5S/c1-2-15-6-3-8-17-18(15)21(26)30-20(23-17)16-7-4-9-22-19(16)25-12-11-24(14-25)10-5-13-31(27,28)29/h3-4,6-9,11-12,14H,2,5,10,13H2,1H3. The van der Waals surface area contributed by atoms with Crippen molar-refractivity contribution in [3.8, 4) is 17.3 Å². The molecule has 0 fully saturated rings. The van der Waals surface area contributed by atoms with Gasteiger partial charge in [0.2, 0.25) is 18.0 Å². The Morgan fingerprint density at radius 1 is 1.23 bits per heavy atom. The zero-order valence-corrected chi connectivity index (χ0v) is 17.6. The van der Waals surface area contributed by atoms with Gasteiger partial charge in [0.05, 0.1) is 27.6 Å².